The maximum absolute atomic E-state index is 9.74. The molecule has 0 fully saturated rings. The zero-order valence-electron chi connectivity index (χ0n) is 11.1. The van der Waals surface area contributed by atoms with Crippen molar-refractivity contribution in [3.05, 3.63) is 42.0 Å². The molecule has 0 radical (unpaired) electrons. The lowest BCUT2D eigenvalue weighted by Gasteiger charge is -2.00. The molecule has 4 heteroatoms. The molecule has 0 saturated heterocycles. The maximum atomic E-state index is 9.74. The van der Waals surface area contributed by atoms with E-state index in [1.54, 1.807) is 36.4 Å². The van der Waals surface area contributed by atoms with Gasteiger partial charge >= 0.3 is 0 Å². The van der Waals surface area contributed by atoms with Crippen LogP contribution in [-0.4, -0.2) is 15.2 Å². The number of aromatic nitrogens is 1. The van der Waals surface area contributed by atoms with Gasteiger partial charge in [0.05, 0.1) is 0 Å². The summed E-state index contributed by atoms with van der Waals surface area (Å²) in [6.07, 6.45) is 1.79. The SMILES string of the molecule is CCCc1cc(O)cc2nc(-c3ccc(O)cc3)oc12. The third-order valence-electron chi connectivity index (χ3n) is 3.19. The van der Waals surface area contributed by atoms with Gasteiger partial charge in [-0.25, -0.2) is 4.98 Å². The molecule has 102 valence electrons. The molecule has 0 atom stereocenters. The van der Waals surface area contributed by atoms with E-state index in [1.807, 2.05) is 0 Å². The molecule has 0 aliphatic heterocycles. The van der Waals surface area contributed by atoms with Gasteiger partial charge in [0.25, 0.3) is 0 Å². The lowest BCUT2D eigenvalue weighted by atomic mass is 10.1. The highest BCUT2D eigenvalue weighted by molar-refractivity contribution is 5.81. The van der Waals surface area contributed by atoms with Crippen molar-refractivity contribution in [2.24, 2.45) is 0 Å². The summed E-state index contributed by atoms with van der Waals surface area (Å²) in [6.45, 7) is 2.08. The van der Waals surface area contributed by atoms with Crippen LogP contribution in [0.1, 0.15) is 18.9 Å². The number of aromatic hydroxyl groups is 2. The van der Waals surface area contributed by atoms with Gasteiger partial charge in [-0.2, -0.15) is 0 Å². The van der Waals surface area contributed by atoms with E-state index in [2.05, 4.69) is 11.9 Å². The van der Waals surface area contributed by atoms with Gasteiger partial charge in [-0.05, 0) is 36.8 Å². The molecule has 2 aromatic carbocycles. The zero-order valence-corrected chi connectivity index (χ0v) is 11.1. The minimum Gasteiger partial charge on any atom is -0.508 e. The number of phenols is 2. The molecule has 0 spiro atoms. The van der Waals surface area contributed by atoms with Gasteiger partial charge in [0.15, 0.2) is 5.58 Å². The van der Waals surface area contributed by atoms with Crippen molar-refractivity contribution >= 4 is 11.1 Å². The fraction of sp³-hybridized carbons (Fsp3) is 0.188. The Morgan fingerprint density at radius 3 is 2.50 bits per heavy atom. The lowest BCUT2D eigenvalue weighted by molar-refractivity contribution is 0.474. The Morgan fingerprint density at radius 2 is 1.80 bits per heavy atom. The summed E-state index contributed by atoms with van der Waals surface area (Å²) in [7, 11) is 0. The second-order valence-corrected chi connectivity index (χ2v) is 4.77. The molecule has 4 nitrogen and oxygen atoms in total. The molecule has 0 unspecified atom stereocenters. The minimum absolute atomic E-state index is 0.200. The van der Waals surface area contributed by atoms with Crippen molar-refractivity contribution in [2.45, 2.75) is 19.8 Å². The molecule has 0 bridgehead atoms. The van der Waals surface area contributed by atoms with E-state index in [-0.39, 0.29) is 11.5 Å². The van der Waals surface area contributed by atoms with Crippen LogP contribution in [0, 0.1) is 0 Å². The number of fused-ring (bicyclic) bond motifs is 1. The van der Waals surface area contributed by atoms with Gasteiger partial charge in [-0.15, -0.1) is 0 Å². The fourth-order valence-corrected chi connectivity index (χ4v) is 2.27. The third-order valence-corrected chi connectivity index (χ3v) is 3.19. The van der Waals surface area contributed by atoms with Crippen molar-refractivity contribution < 1.29 is 14.6 Å². The molecule has 0 saturated carbocycles. The highest BCUT2D eigenvalue weighted by atomic mass is 16.3. The van der Waals surface area contributed by atoms with E-state index in [0.717, 1.165) is 24.0 Å². The first kappa shape index (κ1) is 12.5. The van der Waals surface area contributed by atoms with Crippen LogP contribution >= 0.6 is 0 Å². The Labute approximate surface area is 116 Å². The summed E-state index contributed by atoms with van der Waals surface area (Å²) in [6, 6.07) is 10.0. The minimum atomic E-state index is 0.200. The Bertz CT molecular complexity index is 744. The third kappa shape index (κ3) is 2.20. The summed E-state index contributed by atoms with van der Waals surface area (Å²) in [5, 5.41) is 19.0. The number of benzene rings is 2. The van der Waals surface area contributed by atoms with Crippen LogP contribution in [0.3, 0.4) is 0 Å². The van der Waals surface area contributed by atoms with Gasteiger partial charge in [-0.1, -0.05) is 13.3 Å². The molecule has 0 aliphatic rings. The molecule has 1 aromatic heterocycles. The standard InChI is InChI=1S/C16H15NO3/c1-2-3-11-8-13(19)9-14-15(11)20-16(17-14)10-4-6-12(18)7-5-10/h4-9,18-19H,2-3H2,1H3. The zero-order chi connectivity index (χ0) is 14.1. The number of aryl methyl sites for hydroxylation is 1. The topological polar surface area (TPSA) is 66.5 Å². The van der Waals surface area contributed by atoms with E-state index >= 15 is 0 Å². The highest BCUT2D eigenvalue weighted by Crippen LogP contribution is 2.30. The van der Waals surface area contributed by atoms with Crippen LogP contribution in [0.4, 0.5) is 0 Å². The van der Waals surface area contributed by atoms with E-state index < -0.39 is 0 Å². The fourth-order valence-electron chi connectivity index (χ4n) is 2.27. The summed E-state index contributed by atoms with van der Waals surface area (Å²) in [5.74, 6) is 0.892. The molecule has 3 aromatic rings. The second kappa shape index (κ2) is 4.89. The Hall–Kier alpha value is -2.49. The highest BCUT2D eigenvalue weighted by Gasteiger charge is 2.13. The predicted octanol–water partition coefficient (Wildman–Crippen LogP) is 3.86. The van der Waals surface area contributed by atoms with E-state index in [1.165, 1.54) is 0 Å². The number of rotatable bonds is 3. The second-order valence-electron chi connectivity index (χ2n) is 4.77. The number of hydrogen-bond donors (Lipinski definition) is 2. The molecule has 3 rings (SSSR count). The molecular weight excluding hydrogens is 254 g/mol. The van der Waals surface area contributed by atoms with E-state index in [9.17, 15) is 10.2 Å². The number of phenolic OH excluding ortho intramolecular Hbond substituents is 2. The average Bonchev–Trinajstić information content (AvgIpc) is 2.83. The van der Waals surface area contributed by atoms with Crippen LogP contribution in [0.25, 0.3) is 22.6 Å². The van der Waals surface area contributed by atoms with Crippen molar-refractivity contribution in [3.8, 4) is 23.0 Å². The van der Waals surface area contributed by atoms with Crippen molar-refractivity contribution in [3.63, 3.8) is 0 Å². The average molecular weight is 269 g/mol. The molecule has 1 heterocycles. The van der Waals surface area contributed by atoms with Gasteiger partial charge in [0, 0.05) is 17.2 Å². The first-order valence-electron chi connectivity index (χ1n) is 6.59. The molecule has 20 heavy (non-hydrogen) atoms. The lowest BCUT2D eigenvalue weighted by Crippen LogP contribution is -1.83. The molecule has 0 aliphatic carbocycles. The van der Waals surface area contributed by atoms with Crippen LogP contribution in [0.5, 0.6) is 11.5 Å². The normalized spacial score (nSPS) is 11.1. The van der Waals surface area contributed by atoms with Crippen molar-refractivity contribution in [1.82, 2.24) is 4.98 Å². The van der Waals surface area contributed by atoms with E-state index in [0.29, 0.717) is 17.0 Å². The van der Waals surface area contributed by atoms with Crippen LogP contribution in [0.15, 0.2) is 40.8 Å². The first-order chi connectivity index (χ1) is 9.67. The molecule has 0 amide bonds. The van der Waals surface area contributed by atoms with Crippen LogP contribution in [-0.2, 0) is 6.42 Å². The monoisotopic (exact) mass is 269 g/mol. The van der Waals surface area contributed by atoms with Gasteiger partial charge < -0.3 is 14.6 Å². The Morgan fingerprint density at radius 1 is 1.05 bits per heavy atom. The number of nitrogens with zero attached hydrogens (tertiary/aromatic N) is 1. The van der Waals surface area contributed by atoms with Gasteiger partial charge in [0.1, 0.15) is 17.0 Å². The summed E-state index contributed by atoms with van der Waals surface area (Å²) in [4.78, 5) is 4.41. The quantitative estimate of drug-likeness (QED) is 0.757. The Balaban J connectivity index is 2.14. The summed E-state index contributed by atoms with van der Waals surface area (Å²) < 4.78 is 5.83. The first-order valence-corrected chi connectivity index (χ1v) is 6.59. The van der Waals surface area contributed by atoms with Gasteiger partial charge in [-0.3, -0.25) is 0 Å². The van der Waals surface area contributed by atoms with Crippen LogP contribution < -0.4 is 0 Å². The number of hydrogen-bond acceptors (Lipinski definition) is 4. The molecular formula is C16H15NO3. The van der Waals surface area contributed by atoms with Crippen molar-refractivity contribution in [2.75, 3.05) is 0 Å². The predicted molar refractivity (Wildman–Crippen MR) is 76.8 cm³/mol. The maximum Gasteiger partial charge on any atom is 0.227 e. The molecule has 2 N–H and O–H groups in total. The summed E-state index contributed by atoms with van der Waals surface area (Å²) >= 11 is 0. The van der Waals surface area contributed by atoms with E-state index in [4.69, 9.17) is 4.42 Å². The van der Waals surface area contributed by atoms with Gasteiger partial charge in [0.2, 0.25) is 5.89 Å². The Kier molecular flexibility index (Phi) is 3.06. The van der Waals surface area contributed by atoms with Crippen molar-refractivity contribution in [1.29, 1.82) is 0 Å². The summed E-state index contributed by atoms with van der Waals surface area (Å²) in [5.41, 5.74) is 3.12. The largest absolute Gasteiger partial charge is 0.508 e. The van der Waals surface area contributed by atoms with Crippen LogP contribution in [0.2, 0.25) is 0 Å². The number of oxazole rings is 1. The smallest absolute Gasteiger partial charge is 0.227 e.